The monoisotopic (exact) mass is 363 g/mol. The first-order valence-electron chi connectivity index (χ1n) is 8.27. The fourth-order valence-electron chi connectivity index (χ4n) is 2.95. The van der Waals surface area contributed by atoms with E-state index in [1.54, 1.807) is 0 Å². The maximum atomic E-state index is 12.4. The van der Waals surface area contributed by atoms with E-state index in [1.165, 1.54) is 36.4 Å². The van der Waals surface area contributed by atoms with Crippen molar-refractivity contribution in [1.29, 1.82) is 0 Å². The van der Waals surface area contributed by atoms with Crippen LogP contribution < -0.4 is 10.6 Å². The first kappa shape index (κ1) is 17.4. The second kappa shape index (κ2) is 7.21. The number of carbonyl (C=O) groups is 1. The van der Waals surface area contributed by atoms with Gasteiger partial charge in [0.2, 0.25) is 0 Å². The Morgan fingerprint density at radius 3 is 2.88 bits per heavy atom. The lowest BCUT2D eigenvalue weighted by atomic mass is 10.1. The van der Waals surface area contributed by atoms with Crippen molar-refractivity contribution in [2.24, 2.45) is 5.92 Å². The average molecular weight is 364 g/mol. The highest BCUT2D eigenvalue weighted by Gasteiger charge is 2.39. The molecule has 1 heterocycles. The van der Waals surface area contributed by atoms with E-state index in [-0.39, 0.29) is 18.3 Å². The fraction of sp³-hybridized carbons (Fsp3) is 0.444. The van der Waals surface area contributed by atoms with E-state index >= 15 is 0 Å². The molecule has 24 heavy (non-hydrogen) atoms. The summed E-state index contributed by atoms with van der Waals surface area (Å²) in [6, 6.07) is 10.5. The predicted molar refractivity (Wildman–Crippen MR) is 100 cm³/mol. The minimum absolute atomic E-state index is 0. The van der Waals surface area contributed by atoms with Crippen molar-refractivity contribution in [2.75, 3.05) is 11.9 Å². The van der Waals surface area contributed by atoms with Crippen LogP contribution in [0.5, 0.6) is 0 Å². The van der Waals surface area contributed by atoms with Crippen LogP contribution in [0.3, 0.4) is 0 Å². The summed E-state index contributed by atoms with van der Waals surface area (Å²) in [5, 5.41) is 7.38. The molecule has 0 bridgehead atoms. The molecule has 128 valence electrons. The van der Waals surface area contributed by atoms with Gasteiger partial charge in [-0.15, -0.1) is 12.4 Å². The second-order valence-corrected chi connectivity index (χ2v) is 7.52. The molecule has 2 atom stereocenters. The van der Waals surface area contributed by atoms with Gasteiger partial charge in [-0.1, -0.05) is 12.1 Å². The molecule has 1 amide bonds. The fourth-order valence-corrected chi connectivity index (χ4v) is 3.60. The predicted octanol–water partition coefficient (Wildman–Crippen LogP) is 3.98. The Hall–Kier alpha value is -1.43. The zero-order valence-electron chi connectivity index (χ0n) is 13.6. The number of nitrogens with one attached hydrogen (secondary N) is 2. The molecule has 0 radical (unpaired) electrons. The van der Waals surface area contributed by atoms with Gasteiger partial charge >= 0.3 is 0 Å². The van der Waals surface area contributed by atoms with Gasteiger partial charge < -0.3 is 10.6 Å². The lowest BCUT2D eigenvalue weighted by Crippen LogP contribution is -2.20. The van der Waals surface area contributed by atoms with Crippen LogP contribution in [-0.4, -0.2) is 22.9 Å². The molecule has 2 saturated carbocycles. The lowest BCUT2D eigenvalue weighted by molar-refractivity contribution is 0.102. The largest absolute Gasteiger partial charge is 0.313 e. The number of halogens is 1. The summed E-state index contributed by atoms with van der Waals surface area (Å²) in [5.41, 5.74) is 2.93. The number of carbonyl (C=O) groups excluding carboxylic acids is 1. The standard InChI is InChI=1S/C18H21N3OS.ClH/c1-11-7-17(23-21-11)20-18(22)14-4-2-3-13(8-14)15-9-16(15)19-10-12-5-6-12;/h2-4,7-8,12,15-16,19H,5-6,9-10H2,1H3,(H,20,22);1H/t15-,16+;/m0./s1. The van der Waals surface area contributed by atoms with Crippen molar-refractivity contribution in [3.63, 3.8) is 0 Å². The van der Waals surface area contributed by atoms with Crippen molar-refractivity contribution in [1.82, 2.24) is 9.69 Å². The number of hydrogen-bond donors (Lipinski definition) is 2. The van der Waals surface area contributed by atoms with Crippen LogP contribution in [0.1, 0.15) is 46.8 Å². The van der Waals surface area contributed by atoms with Crippen molar-refractivity contribution >= 4 is 34.8 Å². The summed E-state index contributed by atoms with van der Waals surface area (Å²) < 4.78 is 4.19. The Bertz CT molecular complexity index is 729. The van der Waals surface area contributed by atoms with Crippen LogP contribution >= 0.6 is 23.9 Å². The van der Waals surface area contributed by atoms with Crippen LogP contribution in [0.2, 0.25) is 0 Å². The first-order valence-corrected chi connectivity index (χ1v) is 9.04. The number of nitrogens with zero attached hydrogens (tertiary/aromatic N) is 1. The summed E-state index contributed by atoms with van der Waals surface area (Å²) in [4.78, 5) is 12.4. The maximum Gasteiger partial charge on any atom is 0.256 e. The topological polar surface area (TPSA) is 54.0 Å². The van der Waals surface area contributed by atoms with Crippen molar-refractivity contribution in [3.8, 4) is 0 Å². The van der Waals surface area contributed by atoms with E-state index in [4.69, 9.17) is 0 Å². The molecule has 0 saturated heterocycles. The van der Waals surface area contributed by atoms with Crippen LogP contribution in [-0.2, 0) is 0 Å². The van der Waals surface area contributed by atoms with Gasteiger partial charge in [-0.2, -0.15) is 4.37 Å². The van der Waals surface area contributed by atoms with E-state index in [2.05, 4.69) is 21.1 Å². The van der Waals surface area contributed by atoms with Crippen LogP contribution in [0.15, 0.2) is 30.3 Å². The van der Waals surface area contributed by atoms with Gasteiger partial charge in [-0.3, -0.25) is 4.79 Å². The molecule has 2 N–H and O–H groups in total. The number of rotatable bonds is 6. The van der Waals surface area contributed by atoms with Gasteiger partial charge in [-0.25, -0.2) is 0 Å². The third-order valence-corrected chi connectivity index (χ3v) is 5.39. The van der Waals surface area contributed by atoms with Gasteiger partial charge in [0.25, 0.3) is 5.91 Å². The summed E-state index contributed by atoms with van der Waals surface area (Å²) in [6.07, 6.45) is 3.96. The number of hydrogen-bond acceptors (Lipinski definition) is 4. The maximum absolute atomic E-state index is 12.4. The molecule has 4 nitrogen and oxygen atoms in total. The quantitative estimate of drug-likeness (QED) is 0.816. The van der Waals surface area contributed by atoms with Gasteiger partial charge in [-0.05, 0) is 73.9 Å². The third kappa shape index (κ3) is 4.15. The normalized spacial score (nSPS) is 21.9. The first-order chi connectivity index (χ1) is 11.2. The highest BCUT2D eigenvalue weighted by atomic mass is 35.5. The molecule has 4 rings (SSSR count). The van der Waals surface area contributed by atoms with Crippen LogP contribution in [0.25, 0.3) is 0 Å². The SMILES string of the molecule is Cc1cc(NC(=O)c2cccc([C@@H]3C[C@H]3NCC3CC3)c2)sn1.Cl. The van der Waals surface area contributed by atoms with Crippen molar-refractivity contribution < 1.29 is 4.79 Å². The summed E-state index contributed by atoms with van der Waals surface area (Å²) in [5.74, 6) is 1.42. The molecule has 1 aromatic carbocycles. The van der Waals surface area contributed by atoms with Crippen molar-refractivity contribution in [3.05, 3.63) is 47.2 Å². The van der Waals surface area contributed by atoms with Crippen LogP contribution in [0.4, 0.5) is 5.00 Å². The molecule has 1 aromatic heterocycles. The minimum Gasteiger partial charge on any atom is -0.313 e. The molecule has 0 spiro atoms. The number of aromatic nitrogens is 1. The molecular formula is C18H22ClN3OS. The highest BCUT2D eigenvalue weighted by molar-refractivity contribution is 7.10. The number of amides is 1. The van der Waals surface area contributed by atoms with Gasteiger partial charge in [0.1, 0.15) is 5.00 Å². The van der Waals surface area contributed by atoms with Crippen LogP contribution in [0, 0.1) is 12.8 Å². The number of aryl methyl sites for hydroxylation is 1. The lowest BCUT2D eigenvalue weighted by Gasteiger charge is -2.06. The second-order valence-electron chi connectivity index (χ2n) is 6.71. The Morgan fingerprint density at radius 1 is 1.33 bits per heavy atom. The Morgan fingerprint density at radius 2 is 2.17 bits per heavy atom. The molecule has 2 aromatic rings. The summed E-state index contributed by atoms with van der Waals surface area (Å²) in [7, 11) is 0. The van der Waals surface area contributed by atoms with E-state index in [9.17, 15) is 4.79 Å². The van der Waals surface area contributed by atoms with E-state index in [0.717, 1.165) is 28.7 Å². The zero-order chi connectivity index (χ0) is 15.8. The smallest absolute Gasteiger partial charge is 0.256 e. The van der Waals surface area contributed by atoms with Gasteiger partial charge in [0.05, 0.1) is 5.69 Å². The third-order valence-electron chi connectivity index (χ3n) is 4.60. The summed E-state index contributed by atoms with van der Waals surface area (Å²) >= 11 is 1.32. The average Bonchev–Trinajstić information content (AvgIpc) is 3.45. The molecule has 6 heteroatoms. The molecule has 2 fully saturated rings. The molecular weight excluding hydrogens is 342 g/mol. The van der Waals surface area contributed by atoms with E-state index < -0.39 is 0 Å². The Balaban J connectivity index is 0.00000169. The molecule has 0 aliphatic heterocycles. The van der Waals surface area contributed by atoms with Gasteiger partial charge in [0.15, 0.2) is 0 Å². The minimum atomic E-state index is -0.0568. The van der Waals surface area contributed by atoms with E-state index in [1.807, 2.05) is 31.2 Å². The zero-order valence-corrected chi connectivity index (χ0v) is 15.3. The number of anilines is 1. The van der Waals surface area contributed by atoms with Crippen molar-refractivity contribution in [2.45, 2.75) is 38.1 Å². The van der Waals surface area contributed by atoms with E-state index in [0.29, 0.717) is 12.0 Å². The van der Waals surface area contributed by atoms with Gasteiger partial charge in [0, 0.05) is 17.5 Å². The molecule has 0 unspecified atom stereocenters. The molecule has 2 aliphatic rings. The highest BCUT2D eigenvalue weighted by Crippen LogP contribution is 2.41. The Labute approximate surface area is 152 Å². The molecule has 2 aliphatic carbocycles. The Kier molecular flexibility index (Phi) is 5.23. The number of benzene rings is 1. The summed E-state index contributed by atoms with van der Waals surface area (Å²) in [6.45, 7) is 3.08.